The molecule has 2 unspecified atom stereocenters. The third kappa shape index (κ3) is 7.10. The average molecular weight is 774 g/mol. The predicted molar refractivity (Wildman–Crippen MR) is 205 cm³/mol. The maximum Gasteiger partial charge on any atom is 0.317 e. The van der Waals surface area contributed by atoms with E-state index in [0.29, 0.717) is 70.5 Å². The molecule has 0 radical (unpaired) electrons. The minimum Gasteiger partial charge on any atom is -0.480 e. The number of benzene rings is 2. The van der Waals surface area contributed by atoms with Gasteiger partial charge in [-0.1, -0.05) is 59.6 Å². The lowest BCUT2D eigenvalue weighted by Gasteiger charge is -2.23. The van der Waals surface area contributed by atoms with E-state index in [4.69, 9.17) is 52.6 Å². The third-order valence-electron chi connectivity index (χ3n) is 10.8. The van der Waals surface area contributed by atoms with Crippen LogP contribution in [0.2, 0.25) is 10.0 Å². The van der Waals surface area contributed by atoms with Gasteiger partial charge in [0, 0.05) is 99.8 Å². The molecule has 54 heavy (non-hydrogen) atoms. The number of nitrogens with one attached hydrogen (secondary N) is 2. The summed E-state index contributed by atoms with van der Waals surface area (Å²) in [6, 6.07) is 11.9. The first-order chi connectivity index (χ1) is 26.3. The van der Waals surface area contributed by atoms with E-state index >= 15 is 0 Å². The SMILES string of the molecule is COc1nc(-c2cccc(-c3cccc(-c4cnc(CN5CCC(N6CCNC6=O)C5)c(OC)n4)c3Cl)c2Cl)cnc1CN1CCC(N2CCNC2=O)C1. The normalized spacial score (nSPS) is 20.5. The summed E-state index contributed by atoms with van der Waals surface area (Å²) in [7, 11) is 3.18. The van der Waals surface area contributed by atoms with Crippen LogP contribution < -0.4 is 20.1 Å². The van der Waals surface area contributed by atoms with Gasteiger partial charge in [0.05, 0.1) is 48.0 Å². The molecular formula is C38H42Cl2N10O4. The van der Waals surface area contributed by atoms with Gasteiger partial charge in [0.2, 0.25) is 11.8 Å². The Labute approximate surface area is 323 Å². The van der Waals surface area contributed by atoms with Crippen LogP contribution in [-0.2, 0) is 13.1 Å². The molecule has 4 fully saturated rings. The molecule has 14 nitrogen and oxygen atoms in total. The van der Waals surface area contributed by atoms with Crippen molar-refractivity contribution < 1.29 is 19.1 Å². The smallest absolute Gasteiger partial charge is 0.317 e. The van der Waals surface area contributed by atoms with Crippen LogP contribution >= 0.6 is 23.2 Å². The van der Waals surface area contributed by atoms with Crippen LogP contribution in [0.1, 0.15) is 24.2 Å². The summed E-state index contributed by atoms with van der Waals surface area (Å²) in [6.07, 6.45) is 5.27. The van der Waals surface area contributed by atoms with Crippen LogP contribution in [0.4, 0.5) is 9.59 Å². The van der Waals surface area contributed by atoms with E-state index in [0.717, 1.165) is 74.6 Å². The van der Waals surface area contributed by atoms with E-state index < -0.39 is 0 Å². The molecule has 2 aromatic heterocycles. The summed E-state index contributed by atoms with van der Waals surface area (Å²) in [5, 5.41) is 6.74. The van der Waals surface area contributed by atoms with Crippen LogP contribution in [0, 0.1) is 0 Å². The molecule has 4 saturated heterocycles. The fraction of sp³-hybridized carbons (Fsp3) is 0.421. The Hall–Kier alpha value is -4.76. The molecular weight excluding hydrogens is 731 g/mol. The van der Waals surface area contributed by atoms with Gasteiger partial charge in [-0.05, 0) is 12.8 Å². The monoisotopic (exact) mass is 772 g/mol. The van der Waals surface area contributed by atoms with Crippen molar-refractivity contribution in [1.82, 2.24) is 50.2 Å². The van der Waals surface area contributed by atoms with Crippen LogP contribution in [0.15, 0.2) is 48.8 Å². The molecule has 0 bridgehead atoms. The summed E-state index contributed by atoms with van der Waals surface area (Å²) in [6.45, 7) is 7.25. The number of hydrogen-bond acceptors (Lipinski definition) is 10. The number of ether oxygens (including phenoxy) is 2. The number of carbonyl (C=O) groups is 2. The zero-order chi connectivity index (χ0) is 37.3. The van der Waals surface area contributed by atoms with E-state index in [-0.39, 0.29) is 24.1 Å². The molecule has 16 heteroatoms. The first kappa shape index (κ1) is 36.2. The molecule has 4 aromatic rings. The van der Waals surface area contributed by atoms with Gasteiger partial charge in [0.15, 0.2) is 0 Å². The molecule has 2 aromatic carbocycles. The second-order valence-corrected chi connectivity index (χ2v) is 14.7. The number of carbonyl (C=O) groups excluding carboxylic acids is 2. The highest BCUT2D eigenvalue weighted by atomic mass is 35.5. The Morgan fingerprint density at radius 2 is 1.09 bits per heavy atom. The second-order valence-electron chi connectivity index (χ2n) is 14.0. The lowest BCUT2D eigenvalue weighted by atomic mass is 9.98. The molecule has 4 aliphatic heterocycles. The molecule has 8 rings (SSSR count). The van der Waals surface area contributed by atoms with Crippen molar-refractivity contribution >= 4 is 35.3 Å². The Morgan fingerprint density at radius 3 is 1.48 bits per heavy atom. The molecule has 0 saturated carbocycles. The van der Waals surface area contributed by atoms with E-state index in [2.05, 4.69) is 20.4 Å². The highest BCUT2D eigenvalue weighted by Gasteiger charge is 2.35. The van der Waals surface area contributed by atoms with Gasteiger partial charge in [-0.15, -0.1) is 0 Å². The van der Waals surface area contributed by atoms with Gasteiger partial charge in [0.1, 0.15) is 11.4 Å². The summed E-state index contributed by atoms with van der Waals surface area (Å²) >= 11 is 14.3. The maximum absolute atomic E-state index is 12.2. The van der Waals surface area contributed by atoms with Crippen LogP contribution in [-0.4, -0.2) is 130 Å². The predicted octanol–water partition coefficient (Wildman–Crippen LogP) is 4.79. The number of hydrogen-bond donors (Lipinski definition) is 2. The number of likely N-dealkylation sites (tertiary alicyclic amines) is 2. The average Bonchev–Trinajstić information content (AvgIpc) is 4.01. The fourth-order valence-electron chi connectivity index (χ4n) is 7.99. The van der Waals surface area contributed by atoms with Crippen molar-refractivity contribution in [3.63, 3.8) is 0 Å². The molecule has 6 heterocycles. The zero-order valence-electron chi connectivity index (χ0n) is 30.2. The van der Waals surface area contributed by atoms with E-state index in [1.54, 1.807) is 26.6 Å². The molecule has 4 aliphatic rings. The molecule has 4 amide bonds. The van der Waals surface area contributed by atoms with Crippen molar-refractivity contribution in [3.8, 4) is 45.4 Å². The molecule has 282 valence electrons. The topological polar surface area (TPSA) is 141 Å². The quantitative estimate of drug-likeness (QED) is 0.219. The summed E-state index contributed by atoms with van der Waals surface area (Å²) in [5.74, 6) is 0.853. The fourth-order valence-corrected chi connectivity index (χ4v) is 8.64. The number of amides is 4. The Balaban J connectivity index is 0.996. The van der Waals surface area contributed by atoms with Gasteiger partial charge in [-0.2, -0.15) is 0 Å². The first-order valence-electron chi connectivity index (χ1n) is 18.2. The van der Waals surface area contributed by atoms with Crippen molar-refractivity contribution in [1.29, 1.82) is 0 Å². The van der Waals surface area contributed by atoms with Crippen LogP contribution in [0.3, 0.4) is 0 Å². The van der Waals surface area contributed by atoms with Gasteiger partial charge < -0.3 is 29.9 Å². The summed E-state index contributed by atoms with van der Waals surface area (Å²) in [4.78, 5) is 52.0. The van der Waals surface area contributed by atoms with Crippen molar-refractivity contribution in [2.75, 3.05) is 66.6 Å². The van der Waals surface area contributed by atoms with Crippen molar-refractivity contribution in [2.24, 2.45) is 0 Å². The van der Waals surface area contributed by atoms with E-state index in [1.807, 2.05) is 46.2 Å². The molecule has 2 atom stereocenters. The number of methoxy groups -OCH3 is 2. The number of halogens is 2. The van der Waals surface area contributed by atoms with Gasteiger partial charge >= 0.3 is 12.1 Å². The zero-order valence-corrected chi connectivity index (χ0v) is 31.7. The van der Waals surface area contributed by atoms with E-state index in [1.165, 1.54) is 0 Å². The van der Waals surface area contributed by atoms with Gasteiger partial charge in [-0.25, -0.2) is 19.6 Å². The number of rotatable bonds is 11. The van der Waals surface area contributed by atoms with Crippen LogP contribution in [0.5, 0.6) is 11.8 Å². The lowest BCUT2D eigenvalue weighted by molar-refractivity contribution is 0.194. The van der Waals surface area contributed by atoms with Gasteiger partial charge in [-0.3, -0.25) is 19.8 Å². The second kappa shape index (κ2) is 15.5. The van der Waals surface area contributed by atoms with Crippen molar-refractivity contribution in [2.45, 2.75) is 38.0 Å². The summed E-state index contributed by atoms with van der Waals surface area (Å²) in [5.41, 5.74) is 5.42. The number of urea groups is 2. The minimum atomic E-state index is 0.0117. The largest absolute Gasteiger partial charge is 0.480 e. The molecule has 0 spiro atoms. The first-order valence-corrected chi connectivity index (χ1v) is 19.0. The minimum absolute atomic E-state index is 0.0117. The Kier molecular flexibility index (Phi) is 10.4. The third-order valence-corrected chi connectivity index (χ3v) is 11.6. The lowest BCUT2D eigenvalue weighted by Crippen LogP contribution is -2.39. The van der Waals surface area contributed by atoms with Gasteiger partial charge in [0.25, 0.3) is 0 Å². The van der Waals surface area contributed by atoms with Crippen molar-refractivity contribution in [3.05, 3.63) is 70.2 Å². The highest BCUT2D eigenvalue weighted by Crippen LogP contribution is 2.42. The molecule has 2 N–H and O–H groups in total. The standard InChI is InChI=1S/C38H42Cl2N10O4/c1-53-35-31(21-47-13-9-23(19-47)49-15-11-41-37(49)51)43-17-29(45-35)27-7-3-5-25(33(27)39)26-6-4-8-28(34(26)40)30-18-44-32(36(46-30)54-2)22-48-14-10-24(20-48)50-16-12-42-38(50)52/h3-8,17-18,23-24H,9-16,19-22H2,1-2H3,(H,41,51)(H,42,52). The number of nitrogens with zero attached hydrogens (tertiary/aromatic N) is 8. The maximum atomic E-state index is 12.2. The highest BCUT2D eigenvalue weighted by molar-refractivity contribution is 6.39. The Bertz CT molecular complexity index is 1930. The summed E-state index contributed by atoms with van der Waals surface area (Å²) < 4.78 is 11.4. The number of aromatic nitrogens is 4. The van der Waals surface area contributed by atoms with Crippen LogP contribution in [0.25, 0.3) is 33.6 Å². The Morgan fingerprint density at radius 1 is 0.667 bits per heavy atom. The van der Waals surface area contributed by atoms with E-state index in [9.17, 15) is 9.59 Å². The molecule has 0 aliphatic carbocycles.